The lowest BCUT2D eigenvalue weighted by molar-refractivity contribution is -0.130. The first-order chi connectivity index (χ1) is 11.5. The van der Waals surface area contributed by atoms with E-state index in [1.165, 1.54) is 0 Å². The second-order valence-electron chi connectivity index (χ2n) is 6.18. The standard InChI is InChI=1S/C18H22ClN3O2/c1-13-14(11-20-21(13)2)7-8-18(23)22-10-9-15(12-22)24-17-6-4-3-5-16(17)19/h3-6,11,15H,7-10,12H2,1-2H3/t15-/m1/s1. The van der Waals surface area contributed by atoms with Crippen LogP contribution in [0.15, 0.2) is 30.5 Å². The molecule has 1 fully saturated rings. The molecule has 3 rings (SSSR count). The van der Waals surface area contributed by atoms with E-state index in [9.17, 15) is 4.79 Å². The number of hydrogen-bond acceptors (Lipinski definition) is 3. The minimum atomic E-state index is 0.00831. The molecule has 1 aromatic heterocycles. The lowest BCUT2D eigenvalue weighted by Gasteiger charge is -2.17. The number of nitrogens with zero attached hydrogens (tertiary/aromatic N) is 3. The van der Waals surface area contributed by atoms with Crippen molar-refractivity contribution >= 4 is 17.5 Å². The highest BCUT2D eigenvalue weighted by molar-refractivity contribution is 6.32. The van der Waals surface area contributed by atoms with E-state index in [0.717, 1.165) is 30.6 Å². The zero-order chi connectivity index (χ0) is 17.1. The van der Waals surface area contributed by atoms with Crippen LogP contribution >= 0.6 is 11.6 Å². The highest BCUT2D eigenvalue weighted by Crippen LogP contribution is 2.26. The number of amides is 1. The van der Waals surface area contributed by atoms with Crippen LogP contribution in [-0.2, 0) is 18.3 Å². The predicted octanol–water partition coefficient (Wildman–Crippen LogP) is 2.99. The largest absolute Gasteiger partial charge is 0.487 e. The molecule has 24 heavy (non-hydrogen) atoms. The van der Waals surface area contributed by atoms with Crippen LogP contribution in [0.3, 0.4) is 0 Å². The molecule has 2 aromatic rings. The Morgan fingerprint density at radius 1 is 1.42 bits per heavy atom. The van der Waals surface area contributed by atoms with Gasteiger partial charge in [0.05, 0.1) is 17.8 Å². The first-order valence-corrected chi connectivity index (χ1v) is 8.59. The highest BCUT2D eigenvalue weighted by Gasteiger charge is 2.27. The van der Waals surface area contributed by atoms with Gasteiger partial charge >= 0.3 is 0 Å². The van der Waals surface area contributed by atoms with Crippen molar-refractivity contribution in [3.63, 3.8) is 0 Å². The van der Waals surface area contributed by atoms with Gasteiger partial charge in [0.1, 0.15) is 11.9 Å². The maximum absolute atomic E-state index is 12.4. The van der Waals surface area contributed by atoms with E-state index in [2.05, 4.69) is 5.10 Å². The number of hydrogen-bond donors (Lipinski definition) is 0. The summed E-state index contributed by atoms with van der Waals surface area (Å²) in [4.78, 5) is 14.3. The summed E-state index contributed by atoms with van der Waals surface area (Å²) >= 11 is 6.12. The fraction of sp³-hybridized carbons (Fsp3) is 0.444. The zero-order valence-electron chi connectivity index (χ0n) is 14.0. The van der Waals surface area contributed by atoms with Crippen LogP contribution in [0.5, 0.6) is 5.75 Å². The first kappa shape index (κ1) is 16.8. The Bertz CT molecular complexity index is 729. The molecule has 128 valence electrons. The number of rotatable bonds is 5. The number of benzene rings is 1. The van der Waals surface area contributed by atoms with Crippen LogP contribution in [0.25, 0.3) is 0 Å². The Kier molecular flexibility index (Phi) is 5.09. The van der Waals surface area contributed by atoms with E-state index >= 15 is 0 Å². The van der Waals surface area contributed by atoms with Crippen LogP contribution < -0.4 is 4.74 Å². The summed E-state index contributed by atoms with van der Waals surface area (Å²) in [6.07, 6.45) is 3.92. The van der Waals surface area contributed by atoms with Gasteiger partial charge < -0.3 is 9.64 Å². The molecule has 1 atom stereocenters. The van der Waals surface area contributed by atoms with E-state index in [-0.39, 0.29) is 12.0 Å². The molecular formula is C18H22ClN3O2. The molecule has 1 saturated heterocycles. The second kappa shape index (κ2) is 7.26. The molecule has 0 radical (unpaired) electrons. The van der Waals surface area contributed by atoms with Crippen LogP contribution in [-0.4, -0.2) is 39.8 Å². The third kappa shape index (κ3) is 3.73. The number of ether oxygens (including phenoxy) is 1. The molecule has 0 N–H and O–H groups in total. The summed E-state index contributed by atoms with van der Waals surface area (Å²) in [5.74, 6) is 0.855. The van der Waals surface area contributed by atoms with Crippen LogP contribution in [0.4, 0.5) is 0 Å². The lowest BCUT2D eigenvalue weighted by Crippen LogP contribution is -2.31. The summed E-state index contributed by atoms with van der Waals surface area (Å²) < 4.78 is 7.77. The summed E-state index contributed by atoms with van der Waals surface area (Å²) in [5, 5.41) is 4.82. The lowest BCUT2D eigenvalue weighted by atomic mass is 10.1. The Labute approximate surface area is 147 Å². The Hall–Kier alpha value is -2.01. The molecule has 0 spiro atoms. The molecule has 0 aliphatic carbocycles. The van der Waals surface area contributed by atoms with Crippen LogP contribution in [0.1, 0.15) is 24.1 Å². The smallest absolute Gasteiger partial charge is 0.223 e. The quantitative estimate of drug-likeness (QED) is 0.835. The number of halogens is 1. The van der Waals surface area contributed by atoms with Crippen LogP contribution in [0.2, 0.25) is 5.02 Å². The summed E-state index contributed by atoms with van der Waals surface area (Å²) in [6.45, 7) is 3.38. The monoisotopic (exact) mass is 347 g/mol. The normalized spacial score (nSPS) is 17.3. The highest BCUT2D eigenvalue weighted by atomic mass is 35.5. The molecule has 6 heteroatoms. The van der Waals surface area contributed by atoms with Gasteiger partial charge in [-0.2, -0.15) is 5.10 Å². The average Bonchev–Trinajstić information content (AvgIpc) is 3.16. The zero-order valence-corrected chi connectivity index (χ0v) is 14.8. The molecule has 0 unspecified atom stereocenters. The number of para-hydroxylation sites is 1. The fourth-order valence-electron chi connectivity index (χ4n) is 2.96. The minimum Gasteiger partial charge on any atom is -0.487 e. The predicted molar refractivity (Wildman–Crippen MR) is 93.3 cm³/mol. The first-order valence-electron chi connectivity index (χ1n) is 8.21. The topological polar surface area (TPSA) is 47.4 Å². The SMILES string of the molecule is Cc1c(CCC(=O)N2CC[C@@H](Oc3ccccc3Cl)C2)cnn1C. The molecule has 1 aliphatic heterocycles. The molecule has 1 aromatic carbocycles. The summed E-state index contributed by atoms with van der Waals surface area (Å²) in [7, 11) is 1.91. The van der Waals surface area contributed by atoms with Gasteiger partial charge in [-0.05, 0) is 31.0 Å². The Morgan fingerprint density at radius 3 is 2.92 bits per heavy atom. The van der Waals surface area contributed by atoms with Gasteiger partial charge in [-0.15, -0.1) is 0 Å². The number of carbonyl (C=O) groups excluding carboxylic acids is 1. The van der Waals surface area contributed by atoms with E-state index in [4.69, 9.17) is 16.3 Å². The maximum atomic E-state index is 12.4. The molecule has 1 aliphatic rings. The van der Waals surface area contributed by atoms with Crippen molar-refractivity contribution in [3.05, 3.63) is 46.7 Å². The van der Waals surface area contributed by atoms with Crippen molar-refractivity contribution in [2.45, 2.75) is 32.3 Å². The molecule has 0 saturated carbocycles. The van der Waals surface area contributed by atoms with Crippen LogP contribution in [0, 0.1) is 6.92 Å². The average molecular weight is 348 g/mol. The number of likely N-dealkylation sites (tertiary alicyclic amines) is 1. The molecule has 1 amide bonds. The minimum absolute atomic E-state index is 0.00831. The maximum Gasteiger partial charge on any atom is 0.223 e. The fourth-order valence-corrected chi connectivity index (χ4v) is 3.14. The summed E-state index contributed by atoms with van der Waals surface area (Å²) in [6, 6.07) is 7.44. The number of carbonyl (C=O) groups is 1. The van der Waals surface area contributed by atoms with Crippen molar-refractivity contribution < 1.29 is 9.53 Å². The molecule has 2 heterocycles. The van der Waals surface area contributed by atoms with E-state index in [0.29, 0.717) is 23.7 Å². The van der Waals surface area contributed by atoms with Crippen molar-refractivity contribution in [2.24, 2.45) is 7.05 Å². The van der Waals surface area contributed by atoms with Crippen molar-refractivity contribution in [2.75, 3.05) is 13.1 Å². The van der Waals surface area contributed by atoms with E-state index in [1.54, 1.807) is 0 Å². The van der Waals surface area contributed by atoms with Gasteiger partial charge in [-0.25, -0.2) is 0 Å². The van der Waals surface area contributed by atoms with Gasteiger partial charge in [0.2, 0.25) is 5.91 Å². The number of aromatic nitrogens is 2. The third-order valence-corrected chi connectivity index (χ3v) is 4.89. The van der Waals surface area contributed by atoms with E-state index in [1.807, 2.05) is 54.0 Å². The summed E-state index contributed by atoms with van der Waals surface area (Å²) in [5.41, 5.74) is 2.25. The molecule has 0 bridgehead atoms. The Morgan fingerprint density at radius 2 is 2.21 bits per heavy atom. The third-order valence-electron chi connectivity index (χ3n) is 4.57. The van der Waals surface area contributed by atoms with Gasteiger partial charge in [-0.3, -0.25) is 9.48 Å². The van der Waals surface area contributed by atoms with Gasteiger partial charge in [0.25, 0.3) is 0 Å². The van der Waals surface area contributed by atoms with Gasteiger partial charge in [-0.1, -0.05) is 23.7 Å². The van der Waals surface area contributed by atoms with Gasteiger partial charge in [0.15, 0.2) is 0 Å². The van der Waals surface area contributed by atoms with Crippen molar-refractivity contribution in [1.82, 2.24) is 14.7 Å². The number of aryl methyl sites for hydroxylation is 2. The Balaban J connectivity index is 1.51. The molecule has 5 nitrogen and oxygen atoms in total. The van der Waals surface area contributed by atoms with Crippen molar-refractivity contribution in [3.8, 4) is 5.75 Å². The van der Waals surface area contributed by atoms with E-state index < -0.39 is 0 Å². The second-order valence-corrected chi connectivity index (χ2v) is 6.58. The molecular weight excluding hydrogens is 326 g/mol. The van der Waals surface area contributed by atoms with Crippen molar-refractivity contribution in [1.29, 1.82) is 0 Å². The van der Waals surface area contributed by atoms with Gasteiger partial charge in [0, 0.05) is 32.1 Å².